The molecule has 0 bridgehead atoms. The van der Waals surface area contributed by atoms with Gasteiger partial charge < -0.3 is 44.6 Å². The van der Waals surface area contributed by atoms with Gasteiger partial charge in [0.25, 0.3) is 0 Å². The number of nitrogens with one attached hydrogen (secondary N) is 4. The highest BCUT2D eigenvalue weighted by Crippen LogP contribution is 2.35. The van der Waals surface area contributed by atoms with Crippen molar-refractivity contribution in [2.24, 2.45) is 5.92 Å². The van der Waals surface area contributed by atoms with Gasteiger partial charge in [-0.25, -0.2) is 24.5 Å². The number of methoxy groups -OCH3 is 3. The zero-order valence-electron chi connectivity index (χ0n) is 33.0. The van der Waals surface area contributed by atoms with Crippen LogP contribution < -0.4 is 10.6 Å². The lowest BCUT2D eigenvalue weighted by molar-refractivity contribution is -0.137. The number of amides is 4. The smallest absolute Gasteiger partial charge is 0.407 e. The van der Waals surface area contributed by atoms with Gasteiger partial charge in [-0.05, 0) is 73.6 Å². The first-order valence-electron chi connectivity index (χ1n) is 19.3. The summed E-state index contributed by atoms with van der Waals surface area (Å²) in [6, 6.07) is 14.1. The second kappa shape index (κ2) is 16.6. The Labute approximate surface area is 330 Å². The number of H-pyrrole nitrogens is 2. The Morgan fingerprint density at radius 3 is 1.96 bits per heavy atom. The molecule has 0 radical (unpaired) electrons. The fourth-order valence-corrected chi connectivity index (χ4v) is 7.85. The second-order valence-electron chi connectivity index (χ2n) is 14.9. The van der Waals surface area contributed by atoms with Crippen molar-refractivity contribution in [3.8, 4) is 22.5 Å². The molecule has 16 nitrogen and oxygen atoms in total. The zero-order valence-corrected chi connectivity index (χ0v) is 33.0. The molecular weight excluding hydrogens is 731 g/mol. The third kappa shape index (κ3) is 7.99. The number of aromatic amines is 2. The van der Waals surface area contributed by atoms with E-state index in [1.54, 1.807) is 22.9 Å². The number of hydrogen-bond acceptors (Lipinski definition) is 10. The van der Waals surface area contributed by atoms with E-state index in [0.29, 0.717) is 35.9 Å². The number of carbonyl (C=O) groups is 4. The number of imidazole rings is 2. The quantitative estimate of drug-likeness (QED) is 0.130. The highest BCUT2D eigenvalue weighted by molar-refractivity contribution is 5.91. The summed E-state index contributed by atoms with van der Waals surface area (Å²) in [6.45, 7) is 6.62. The molecule has 300 valence electrons. The minimum atomic E-state index is -0.904. The van der Waals surface area contributed by atoms with E-state index in [9.17, 15) is 19.2 Å². The molecule has 2 aliphatic rings. The Morgan fingerprint density at radius 2 is 1.33 bits per heavy atom. The first kappa shape index (κ1) is 39.2. The fraction of sp³-hybridized carbons (Fsp3) is 0.439. The molecule has 4 amide bonds. The Morgan fingerprint density at radius 1 is 0.737 bits per heavy atom. The predicted molar refractivity (Wildman–Crippen MR) is 212 cm³/mol. The number of carbonyl (C=O) groups excluding carboxylic acids is 4. The maximum absolute atomic E-state index is 13.7. The first-order valence-corrected chi connectivity index (χ1v) is 19.3. The van der Waals surface area contributed by atoms with Crippen molar-refractivity contribution in [1.82, 2.24) is 45.4 Å². The fourth-order valence-electron chi connectivity index (χ4n) is 7.85. The average Bonchev–Trinajstić information content (AvgIpc) is 4.06. The molecule has 5 heterocycles. The molecule has 5 atom stereocenters. The van der Waals surface area contributed by atoms with Crippen LogP contribution in [0, 0.1) is 5.92 Å². The van der Waals surface area contributed by atoms with Gasteiger partial charge in [0, 0.05) is 31.3 Å². The summed E-state index contributed by atoms with van der Waals surface area (Å²) in [5.74, 6) is 0.808. The molecule has 5 aromatic rings. The van der Waals surface area contributed by atoms with Crippen LogP contribution in [0.3, 0.4) is 0 Å². The molecule has 16 heteroatoms. The number of rotatable bonds is 11. The summed E-state index contributed by atoms with van der Waals surface area (Å²) in [5, 5.41) is 7.39. The van der Waals surface area contributed by atoms with E-state index in [-0.39, 0.29) is 29.8 Å². The van der Waals surface area contributed by atoms with Crippen molar-refractivity contribution in [3.63, 3.8) is 0 Å². The Balaban J connectivity index is 1.07. The summed E-state index contributed by atoms with van der Waals surface area (Å²) >= 11 is 0. The monoisotopic (exact) mass is 779 g/mol. The maximum Gasteiger partial charge on any atom is 0.407 e. The molecule has 2 fully saturated rings. The number of likely N-dealkylation sites (tertiary alicyclic amines) is 2. The lowest BCUT2D eigenvalue weighted by atomic mass is 10.0. The van der Waals surface area contributed by atoms with Gasteiger partial charge in [-0.2, -0.15) is 0 Å². The van der Waals surface area contributed by atoms with Crippen LogP contribution in [0.1, 0.15) is 70.2 Å². The van der Waals surface area contributed by atoms with Crippen molar-refractivity contribution in [3.05, 3.63) is 66.4 Å². The van der Waals surface area contributed by atoms with Crippen LogP contribution in [-0.2, 0) is 23.8 Å². The zero-order chi connectivity index (χ0) is 40.4. The van der Waals surface area contributed by atoms with Gasteiger partial charge in [-0.15, -0.1) is 0 Å². The van der Waals surface area contributed by atoms with E-state index < -0.39 is 30.4 Å². The molecule has 7 rings (SSSR count). The number of alkyl carbamates (subject to hydrolysis) is 2. The van der Waals surface area contributed by atoms with E-state index >= 15 is 0 Å². The maximum atomic E-state index is 13.7. The average molecular weight is 780 g/mol. The van der Waals surface area contributed by atoms with E-state index in [2.05, 4.69) is 49.9 Å². The van der Waals surface area contributed by atoms with Crippen LogP contribution in [0.2, 0.25) is 0 Å². The van der Waals surface area contributed by atoms with Gasteiger partial charge in [-0.1, -0.05) is 38.1 Å². The van der Waals surface area contributed by atoms with Crippen molar-refractivity contribution in [2.45, 2.75) is 76.7 Å². The Hall–Kier alpha value is -6.03. The van der Waals surface area contributed by atoms with Gasteiger partial charge in [-0.3, -0.25) is 9.59 Å². The van der Waals surface area contributed by atoms with Crippen LogP contribution in [0.4, 0.5) is 9.59 Å². The normalized spacial score (nSPS) is 18.5. The molecule has 57 heavy (non-hydrogen) atoms. The standard InChI is InChI=1S/C41H49N9O7/c1-22(2)33(46-40(53)56-5)38(51)50-18-8-10-32(50)37-44-29-16-15-28(43-35(29)48-37)26-13-11-25-20-27(14-12-24(25)19-26)30-21-42-36(45-30)31-9-7-17-49(31)39(52)34(23(3)55-4)47-41(54)57-6/h11-16,19-23,31-34H,7-10,17-18H2,1-6H3,(H,42,45)(H,46,53)(H,47,54)(H,43,44,48)/t23-,31+,32+,33+,34+/m1/s1. The van der Waals surface area contributed by atoms with Gasteiger partial charge >= 0.3 is 12.2 Å². The van der Waals surface area contributed by atoms with Crippen molar-refractivity contribution < 1.29 is 33.4 Å². The molecular formula is C41H49N9O7. The minimum Gasteiger partial charge on any atom is -0.453 e. The van der Waals surface area contributed by atoms with Crippen molar-refractivity contribution in [2.75, 3.05) is 34.4 Å². The van der Waals surface area contributed by atoms with Crippen LogP contribution >= 0.6 is 0 Å². The van der Waals surface area contributed by atoms with Gasteiger partial charge in [0.1, 0.15) is 29.2 Å². The molecule has 2 aromatic carbocycles. The molecule has 0 spiro atoms. The van der Waals surface area contributed by atoms with Gasteiger partial charge in [0.15, 0.2) is 5.65 Å². The molecule has 2 aliphatic heterocycles. The van der Waals surface area contributed by atoms with E-state index in [1.165, 1.54) is 21.3 Å². The van der Waals surface area contributed by atoms with Gasteiger partial charge in [0.05, 0.1) is 50.0 Å². The van der Waals surface area contributed by atoms with Crippen molar-refractivity contribution in [1.29, 1.82) is 0 Å². The number of ether oxygens (including phenoxy) is 3. The lowest BCUT2D eigenvalue weighted by Gasteiger charge is -2.30. The third-order valence-corrected chi connectivity index (χ3v) is 11.1. The Bertz CT molecular complexity index is 2290. The molecule has 3 aromatic heterocycles. The number of benzene rings is 2. The number of fused-ring (bicyclic) bond motifs is 2. The van der Waals surface area contributed by atoms with E-state index in [4.69, 9.17) is 24.2 Å². The lowest BCUT2D eigenvalue weighted by Crippen LogP contribution is -2.54. The predicted octanol–water partition coefficient (Wildman–Crippen LogP) is 5.64. The summed E-state index contributed by atoms with van der Waals surface area (Å²) < 4.78 is 14.9. The topological polar surface area (TPSA) is 197 Å². The third-order valence-electron chi connectivity index (χ3n) is 11.1. The summed E-state index contributed by atoms with van der Waals surface area (Å²) in [4.78, 5) is 76.1. The number of pyridine rings is 1. The van der Waals surface area contributed by atoms with E-state index in [0.717, 1.165) is 59.0 Å². The molecule has 2 saturated heterocycles. The number of nitrogens with zero attached hydrogens (tertiary/aromatic N) is 5. The van der Waals surface area contributed by atoms with Crippen molar-refractivity contribution >= 4 is 45.9 Å². The number of aromatic nitrogens is 5. The largest absolute Gasteiger partial charge is 0.453 e. The number of hydrogen-bond donors (Lipinski definition) is 4. The van der Waals surface area contributed by atoms with Crippen LogP contribution in [0.5, 0.6) is 0 Å². The van der Waals surface area contributed by atoms with Crippen LogP contribution in [-0.4, -0.2) is 111 Å². The van der Waals surface area contributed by atoms with Crippen LogP contribution in [0.15, 0.2) is 54.7 Å². The first-order chi connectivity index (χ1) is 27.5. The van der Waals surface area contributed by atoms with E-state index in [1.807, 2.05) is 38.1 Å². The Kier molecular flexibility index (Phi) is 11.4. The highest BCUT2D eigenvalue weighted by Gasteiger charge is 2.39. The van der Waals surface area contributed by atoms with Gasteiger partial charge in [0.2, 0.25) is 11.8 Å². The minimum absolute atomic E-state index is 0.125. The SMILES string of the molecule is COC(=O)N[C@H](C(=O)N1CCC[C@H]1c1nc2ccc(-c3ccc4cc(-c5cnc([C@@H]6CCCN6C(=O)[C@@H](NC(=O)OC)[C@@H](C)OC)[nH]5)ccc4c3)nc2[nH]1)C(C)C. The summed E-state index contributed by atoms with van der Waals surface area (Å²) in [7, 11) is 4.04. The summed E-state index contributed by atoms with van der Waals surface area (Å²) in [5.41, 5.74) is 4.84. The molecule has 0 aliphatic carbocycles. The molecule has 4 N–H and O–H groups in total. The molecule has 0 saturated carbocycles. The highest BCUT2D eigenvalue weighted by atomic mass is 16.5. The second-order valence-corrected chi connectivity index (χ2v) is 14.9. The summed E-state index contributed by atoms with van der Waals surface area (Å²) in [6.07, 6.45) is 3.00. The van der Waals surface area contributed by atoms with Crippen LogP contribution in [0.25, 0.3) is 44.5 Å². The molecule has 0 unspecified atom stereocenters.